The summed E-state index contributed by atoms with van der Waals surface area (Å²) >= 11 is 2.01. The molecule has 0 amide bonds. The van der Waals surface area contributed by atoms with Gasteiger partial charge in [0, 0.05) is 21.0 Å². The highest BCUT2D eigenvalue weighted by atomic mass is 32.1. The number of benzene rings is 4. The van der Waals surface area contributed by atoms with E-state index in [4.69, 9.17) is 4.98 Å². The van der Waals surface area contributed by atoms with E-state index in [0.717, 1.165) is 11.3 Å². The number of hydrogen-bond acceptors (Lipinski definition) is 2. The molecule has 2 aromatic heterocycles. The fourth-order valence-corrected chi connectivity index (χ4v) is 8.94. The molecule has 0 bridgehead atoms. The lowest BCUT2D eigenvalue weighted by molar-refractivity contribution is 0.436. The van der Waals surface area contributed by atoms with Gasteiger partial charge in [0.1, 0.15) is 5.82 Å². The lowest BCUT2D eigenvalue weighted by atomic mass is 9.78. The standard InChI is InChI=1S/C37H36N2S/c1-4-14-25(15-5-1)29-24-30(26-16-6-2-7-17-26)35(36-34(29)28-20-10-13-23-33(28)40-36)39-32-22-12-11-21-31(32)38-37(39)27-18-8-3-9-19-27/h3,8-13,18-26H,1-2,4-7,14-17H2. The average molecular weight is 541 g/mol. The molecule has 2 saturated carbocycles. The first-order chi connectivity index (χ1) is 19.9. The normalized spacial score (nSPS) is 17.3. The molecule has 0 N–H and O–H groups in total. The number of rotatable bonds is 4. The molecule has 8 rings (SSSR count). The van der Waals surface area contributed by atoms with Crippen molar-refractivity contribution in [3.63, 3.8) is 0 Å². The van der Waals surface area contributed by atoms with Gasteiger partial charge in [0.25, 0.3) is 0 Å². The second-order valence-corrected chi connectivity index (χ2v) is 13.1. The molecule has 200 valence electrons. The van der Waals surface area contributed by atoms with Gasteiger partial charge in [-0.05, 0) is 66.8 Å². The summed E-state index contributed by atoms with van der Waals surface area (Å²) in [6, 6.07) is 31.4. The molecule has 3 heteroatoms. The molecule has 6 aromatic rings. The van der Waals surface area contributed by atoms with E-state index in [-0.39, 0.29) is 0 Å². The lowest BCUT2D eigenvalue weighted by Crippen LogP contribution is -2.13. The van der Waals surface area contributed by atoms with E-state index >= 15 is 0 Å². The fourth-order valence-electron chi connectivity index (χ4n) is 7.66. The molecule has 4 aromatic carbocycles. The average Bonchev–Trinajstić information content (AvgIpc) is 3.61. The minimum absolute atomic E-state index is 0.602. The first-order valence-electron chi connectivity index (χ1n) is 15.4. The summed E-state index contributed by atoms with van der Waals surface area (Å²) in [6.45, 7) is 0. The fraction of sp³-hybridized carbons (Fsp3) is 0.324. The van der Waals surface area contributed by atoms with Crippen molar-refractivity contribution in [2.24, 2.45) is 0 Å². The maximum Gasteiger partial charge on any atom is 0.145 e. The smallest absolute Gasteiger partial charge is 0.145 e. The van der Waals surface area contributed by atoms with Crippen molar-refractivity contribution >= 4 is 42.5 Å². The third kappa shape index (κ3) is 4.01. The van der Waals surface area contributed by atoms with Crippen molar-refractivity contribution in [2.45, 2.75) is 76.0 Å². The van der Waals surface area contributed by atoms with Gasteiger partial charge in [-0.15, -0.1) is 11.3 Å². The van der Waals surface area contributed by atoms with Gasteiger partial charge in [-0.2, -0.15) is 0 Å². The number of thiophene rings is 1. The molecular formula is C37H36N2S. The lowest BCUT2D eigenvalue weighted by Gasteiger charge is -2.29. The van der Waals surface area contributed by atoms with Crippen molar-refractivity contribution in [3.05, 3.63) is 96.1 Å². The number of fused-ring (bicyclic) bond motifs is 4. The second-order valence-electron chi connectivity index (χ2n) is 12.0. The predicted molar refractivity (Wildman–Crippen MR) is 171 cm³/mol. The first kappa shape index (κ1) is 24.4. The Morgan fingerprint density at radius 1 is 0.650 bits per heavy atom. The Labute approximate surface area is 240 Å². The van der Waals surface area contributed by atoms with Gasteiger partial charge in [-0.3, -0.25) is 4.57 Å². The highest BCUT2D eigenvalue weighted by Crippen LogP contribution is 2.50. The van der Waals surface area contributed by atoms with Crippen LogP contribution in [0.3, 0.4) is 0 Å². The van der Waals surface area contributed by atoms with Gasteiger partial charge in [-0.1, -0.05) is 105 Å². The Morgan fingerprint density at radius 2 is 1.30 bits per heavy atom. The Balaban J connectivity index is 1.52. The first-order valence-corrected chi connectivity index (χ1v) is 16.2. The Kier molecular flexibility index (Phi) is 6.21. The maximum atomic E-state index is 5.29. The summed E-state index contributed by atoms with van der Waals surface area (Å²) in [5.74, 6) is 2.33. The number of imidazole rings is 1. The van der Waals surface area contributed by atoms with E-state index in [1.165, 1.54) is 101 Å². The van der Waals surface area contributed by atoms with Crippen LogP contribution in [0.15, 0.2) is 84.9 Å². The van der Waals surface area contributed by atoms with Gasteiger partial charge >= 0.3 is 0 Å². The zero-order valence-electron chi connectivity index (χ0n) is 23.1. The summed E-state index contributed by atoms with van der Waals surface area (Å²) in [5.41, 5.74) is 8.06. The topological polar surface area (TPSA) is 17.8 Å². The molecule has 0 atom stereocenters. The minimum atomic E-state index is 0.602. The highest BCUT2D eigenvalue weighted by molar-refractivity contribution is 7.26. The van der Waals surface area contributed by atoms with Crippen LogP contribution in [-0.4, -0.2) is 9.55 Å². The van der Waals surface area contributed by atoms with Gasteiger partial charge in [0.15, 0.2) is 0 Å². The van der Waals surface area contributed by atoms with Crippen LogP contribution >= 0.6 is 11.3 Å². The monoisotopic (exact) mass is 540 g/mol. The van der Waals surface area contributed by atoms with Crippen molar-refractivity contribution < 1.29 is 0 Å². The van der Waals surface area contributed by atoms with Crippen LogP contribution < -0.4 is 0 Å². The largest absolute Gasteiger partial charge is 0.291 e. The van der Waals surface area contributed by atoms with Gasteiger partial charge in [0.2, 0.25) is 0 Å². The highest BCUT2D eigenvalue weighted by Gasteiger charge is 2.30. The summed E-state index contributed by atoms with van der Waals surface area (Å²) in [4.78, 5) is 5.29. The van der Waals surface area contributed by atoms with Crippen LogP contribution in [0.2, 0.25) is 0 Å². The number of nitrogens with zero attached hydrogens (tertiary/aromatic N) is 2. The summed E-state index contributed by atoms with van der Waals surface area (Å²) in [7, 11) is 0. The minimum Gasteiger partial charge on any atom is -0.291 e. The third-order valence-corrected chi connectivity index (χ3v) is 10.8. The summed E-state index contributed by atoms with van der Waals surface area (Å²) in [6.07, 6.45) is 13.4. The number of aromatic nitrogens is 2. The van der Waals surface area contributed by atoms with Crippen LogP contribution in [0.5, 0.6) is 0 Å². The Morgan fingerprint density at radius 3 is 2.08 bits per heavy atom. The molecule has 0 unspecified atom stereocenters. The number of para-hydroxylation sites is 2. The van der Waals surface area contributed by atoms with Crippen LogP contribution in [0, 0.1) is 0 Å². The van der Waals surface area contributed by atoms with E-state index in [9.17, 15) is 0 Å². The molecule has 0 spiro atoms. The molecule has 2 nitrogen and oxygen atoms in total. The summed E-state index contributed by atoms with van der Waals surface area (Å²) in [5, 5.41) is 2.95. The van der Waals surface area contributed by atoms with Crippen molar-refractivity contribution in [1.82, 2.24) is 9.55 Å². The van der Waals surface area contributed by atoms with Gasteiger partial charge < -0.3 is 0 Å². The van der Waals surface area contributed by atoms with Gasteiger partial charge in [-0.25, -0.2) is 4.98 Å². The van der Waals surface area contributed by atoms with Crippen LogP contribution in [-0.2, 0) is 0 Å². The molecular weight excluding hydrogens is 504 g/mol. The van der Waals surface area contributed by atoms with E-state index in [1.54, 1.807) is 11.1 Å². The van der Waals surface area contributed by atoms with E-state index in [1.807, 2.05) is 11.3 Å². The maximum absolute atomic E-state index is 5.29. The molecule has 0 aliphatic heterocycles. The molecule has 2 aliphatic carbocycles. The second kappa shape index (κ2) is 10.2. The molecule has 0 radical (unpaired) electrons. The van der Waals surface area contributed by atoms with Crippen molar-refractivity contribution in [3.8, 4) is 17.1 Å². The zero-order chi connectivity index (χ0) is 26.5. The number of hydrogen-bond donors (Lipinski definition) is 0. The molecule has 2 heterocycles. The predicted octanol–water partition coefficient (Wildman–Crippen LogP) is 11.2. The molecule has 2 fully saturated rings. The van der Waals surface area contributed by atoms with E-state index < -0.39 is 0 Å². The molecule has 2 aliphatic rings. The van der Waals surface area contributed by atoms with Gasteiger partial charge in [0.05, 0.1) is 21.4 Å². The van der Waals surface area contributed by atoms with Crippen molar-refractivity contribution in [1.29, 1.82) is 0 Å². The Bertz CT molecular complexity index is 1810. The quantitative estimate of drug-likeness (QED) is 0.217. The van der Waals surface area contributed by atoms with Crippen molar-refractivity contribution in [2.75, 3.05) is 0 Å². The van der Waals surface area contributed by atoms with Crippen LogP contribution in [0.25, 0.3) is 48.3 Å². The molecule has 0 saturated heterocycles. The third-order valence-electron chi connectivity index (χ3n) is 9.59. The van der Waals surface area contributed by atoms with Crippen LogP contribution in [0.1, 0.15) is 87.2 Å². The van der Waals surface area contributed by atoms with E-state index in [0.29, 0.717) is 11.8 Å². The van der Waals surface area contributed by atoms with E-state index in [2.05, 4.69) is 89.5 Å². The SMILES string of the molecule is c1ccc(-c2nc3ccccc3n2-c2c(C3CCCCC3)cc(C3CCCCC3)c3c2sc2ccccc23)cc1. The molecule has 40 heavy (non-hydrogen) atoms. The van der Waals surface area contributed by atoms with Crippen LogP contribution in [0.4, 0.5) is 0 Å². The zero-order valence-corrected chi connectivity index (χ0v) is 23.9. The summed E-state index contributed by atoms with van der Waals surface area (Å²) < 4.78 is 5.41. The Hall–Kier alpha value is -3.43.